The summed E-state index contributed by atoms with van der Waals surface area (Å²) in [4.78, 5) is 4.47. The molecule has 2 nitrogen and oxygen atoms in total. The van der Waals surface area contributed by atoms with E-state index in [1.807, 2.05) is 0 Å². The molecule has 0 spiro atoms. The fraction of sp³-hybridized carbons (Fsp3) is 0.625. The van der Waals surface area contributed by atoms with Gasteiger partial charge in [0.1, 0.15) is 8.39 Å². The minimum atomic E-state index is 0.598. The van der Waals surface area contributed by atoms with Gasteiger partial charge in [-0.05, 0) is 44.7 Å². The Bertz CT molecular complexity index is 277. The van der Waals surface area contributed by atoms with Crippen molar-refractivity contribution >= 4 is 43.2 Å². The lowest BCUT2D eigenvalue weighted by molar-refractivity contribution is 0.0852. The third-order valence-corrected chi connectivity index (χ3v) is 5.37. The molecule has 1 saturated heterocycles. The summed E-state index contributed by atoms with van der Waals surface area (Å²) in [6, 6.07) is 0. The first-order valence-electron chi connectivity index (χ1n) is 4.17. The van der Waals surface area contributed by atoms with Crippen molar-refractivity contribution in [3.8, 4) is 0 Å². The van der Waals surface area contributed by atoms with Gasteiger partial charge in [0.15, 0.2) is 0 Å². The van der Waals surface area contributed by atoms with E-state index in [4.69, 9.17) is 4.74 Å². The van der Waals surface area contributed by atoms with Gasteiger partial charge in [-0.2, -0.15) is 0 Å². The molecule has 72 valence electrons. The smallest absolute Gasteiger partial charge is 0.131 e. The molecule has 0 unspecified atom stereocenters. The molecule has 0 amide bonds. The van der Waals surface area contributed by atoms with Crippen LogP contribution in [-0.2, 0) is 4.74 Å². The zero-order valence-corrected chi connectivity index (χ0v) is 10.9. The third kappa shape index (κ3) is 2.32. The van der Waals surface area contributed by atoms with Crippen molar-refractivity contribution in [2.75, 3.05) is 13.2 Å². The molecule has 1 aromatic heterocycles. The van der Waals surface area contributed by atoms with Gasteiger partial charge in [-0.25, -0.2) is 4.98 Å². The lowest BCUT2D eigenvalue weighted by atomic mass is 10.0. The van der Waals surface area contributed by atoms with Crippen molar-refractivity contribution < 1.29 is 4.74 Å². The lowest BCUT2D eigenvalue weighted by Gasteiger charge is -2.19. The van der Waals surface area contributed by atoms with Crippen LogP contribution in [0.5, 0.6) is 0 Å². The van der Waals surface area contributed by atoms with Crippen molar-refractivity contribution in [3.05, 3.63) is 13.4 Å². The van der Waals surface area contributed by atoms with Gasteiger partial charge in [0.2, 0.25) is 0 Å². The Morgan fingerprint density at radius 3 is 2.54 bits per heavy atom. The van der Waals surface area contributed by atoms with E-state index in [0.717, 1.165) is 34.4 Å². The van der Waals surface area contributed by atoms with Crippen molar-refractivity contribution in [3.63, 3.8) is 0 Å². The summed E-state index contributed by atoms with van der Waals surface area (Å²) < 4.78 is 7.33. The number of hydrogen-bond donors (Lipinski definition) is 0. The van der Waals surface area contributed by atoms with Crippen LogP contribution in [0.1, 0.15) is 23.8 Å². The minimum Gasteiger partial charge on any atom is -0.381 e. The average molecular weight is 327 g/mol. The molecule has 0 N–H and O–H groups in total. The van der Waals surface area contributed by atoms with Crippen molar-refractivity contribution in [2.24, 2.45) is 0 Å². The first kappa shape index (κ1) is 10.1. The van der Waals surface area contributed by atoms with Crippen LogP contribution in [-0.4, -0.2) is 18.2 Å². The quantitative estimate of drug-likeness (QED) is 0.787. The molecule has 0 bridgehead atoms. The highest BCUT2D eigenvalue weighted by Gasteiger charge is 2.20. The number of ether oxygens (including phenoxy) is 1. The van der Waals surface area contributed by atoms with E-state index in [1.165, 1.54) is 5.01 Å². The Labute approximate surface area is 98.0 Å². The van der Waals surface area contributed by atoms with Gasteiger partial charge in [0, 0.05) is 19.1 Å². The minimum absolute atomic E-state index is 0.598. The monoisotopic (exact) mass is 325 g/mol. The van der Waals surface area contributed by atoms with Gasteiger partial charge in [0.05, 0.1) is 5.01 Å². The first-order valence-corrected chi connectivity index (χ1v) is 6.57. The van der Waals surface area contributed by atoms with E-state index in [2.05, 4.69) is 36.8 Å². The van der Waals surface area contributed by atoms with E-state index >= 15 is 0 Å². The number of nitrogens with zero attached hydrogens (tertiary/aromatic N) is 1. The van der Waals surface area contributed by atoms with Crippen molar-refractivity contribution in [2.45, 2.75) is 18.8 Å². The van der Waals surface area contributed by atoms with Crippen LogP contribution < -0.4 is 0 Å². The van der Waals surface area contributed by atoms with Crippen molar-refractivity contribution in [1.82, 2.24) is 4.98 Å². The van der Waals surface area contributed by atoms with Crippen LogP contribution in [0.15, 0.2) is 8.39 Å². The Hall–Kier alpha value is 0.550. The Morgan fingerprint density at radius 2 is 2.00 bits per heavy atom. The lowest BCUT2D eigenvalue weighted by Crippen LogP contribution is -2.13. The van der Waals surface area contributed by atoms with E-state index in [1.54, 1.807) is 11.3 Å². The number of rotatable bonds is 1. The normalized spacial score (nSPS) is 19.2. The van der Waals surface area contributed by atoms with Gasteiger partial charge in [-0.3, -0.25) is 0 Å². The molecule has 2 rings (SSSR count). The second kappa shape index (κ2) is 4.38. The maximum absolute atomic E-state index is 5.31. The van der Waals surface area contributed by atoms with Crippen LogP contribution in [0.25, 0.3) is 0 Å². The van der Waals surface area contributed by atoms with Crippen LogP contribution >= 0.6 is 43.2 Å². The molecule has 0 radical (unpaired) electrons. The predicted molar refractivity (Wildman–Crippen MR) is 60.3 cm³/mol. The highest BCUT2D eigenvalue weighted by molar-refractivity contribution is 9.13. The van der Waals surface area contributed by atoms with Gasteiger partial charge in [-0.15, -0.1) is 11.3 Å². The molecule has 13 heavy (non-hydrogen) atoms. The number of thiazole rings is 1. The fourth-order valence-corrected chi connectivity index (χ4v) is 3.41. The maximum Gasteiger partial charge on any atom is 0.131 e. The Kier molecular flexibility index (Phi) is 3.40. The highest BCUT2D eigenvalue weighted by atomic mass is 79.9. The van der Waals surface area contributed by atoms with E-state index in [0.29, 0.717) is 5.92 Å². The maximum atomic E-state index is 5.31. The molecule has 0 aromatic carbocycles. The summed E-state index contributed by atoms with van der Waals surface area (Å²) in [6.07, 6.45) is 2.21. The highest BCUT2D eigenvalue weighted by Crippen LogP contribution is 2.36. The number of aromatic nitrogens is 1. The van der Waals surface area contributed by atoms with Gasteiger partial charge < -0.3 is 4.74 Å². The summed E-state index contributed by atoms with van der Waals surface area (Å²) >= 11 is 8.59. The predicted octanol–water partition coefficient (Wildman–Crippen LogP) is 3.56. The summed E-state index contributed by atoms with van der Waals surface area (Å²) in [5.41, 5.74) is 0. The topological polar surface area (TPSA) is 22.1 Å². The Morgan fingerprint density at radius 1 is 1.31 bits per heavy atom. The van der Waals surface area contributed by atoms with Crippen LogP contribution in [0.3, 0.4) is 0 Å². The SMILES string of the molecule is Brc1nc(C2CCOCC2)sc1Br. The zero-order chi connectivity index (χ0) is 9.26. The van der Waals surface area contributed by atoms with Crippen LogP contribution in [0.2, 0.25) is 0 Å². The fourth-order valence-electron chi connectivity index (χ4n) is 1.42. The summed E-state index contributed by atoms with van der Waals surface area (Å²) in [5, 5.41) is 1.22. The van der Waals surface area contributed by atoms with E-state index in [9.17, 15) is 0 Å². The van der Waals surface area contributed by atoms with E-state index < -0.39 is 0 Å². The molecule has 1 aromatic rings. The largest absolute Gasteiger partial charge is 0.381 e. The molecular formula is C8H9Br2NOS. The molecule has 1 aliphatic heterocycles. The van der Waals surface area contributed by atoms with Gasteiger partial charge >= 0.3 is 0 Å². The molecule has 0 atom stereocenters. The molecule has 0 saturated carbocycles. The third-order valence-electron chi connectivity index (χ3n) is 2.14. The molecule has 0 aliphatic carbocycles. The van der Waals surface area contributed by atoms with Crippen LogP contribution in [0.4, 0.5) is 0 Å². The molecule has 5 heteroatoms. The van der Waals surface area contributed by atoms with Crippen molar-refractivity contribution in [1.29, 1.82) is 0 Å². The standard InChI is InChI=1S/C8H9Br2NOS/c9-6-7(10)13-8(11-6)5-1-3-12-4-2-5/h5H,1-4H2. The zero-order valence-electron chi connectivity index (χ0n) is 6.93. The van der Waals surface area contributed by atoms with Gasteiger partial charge in [-0.1, -0.05) is 0 Å². The molecule has 1 aliphatic rings. The first-order chi connectivity index (χ1) is 6.27. The Balaban J connectivity index is 2.14. The van der Waals surface area contributed by atoms with Crippen LogP contribution in [0, 0.1) is 0 Å². The number of halogens is 2. The van der Waals surface area contributed by atoms with Gasteiger partial charge in [0.25, 0.3) is 0 Å². The molecule has 2 heterocycles. The van der Waals surface area contributed by atoms with E-state index in [-0.39, 0.29) is 0 Å². The summed E-state index contributed by atoms with van der Waals surface area (Å²) in [6.45, 7) is 1.75. The molecule has 1 fully saturated rings. The number of hydrogen-bond acceptors (Lipinski definition) is 3. The average Bonchev–Trinajstić information content (AvgIpc) is 2.49. The summed E-state index contributed by atoms with van der Waals surface area (Å²) in [7, 11) is 0. The molecular weight excluding hydrogens is 318 g/mol. The second-order valence-corrected chi connectivity index (χ2v) is 6.10. The second-order valence-electron chi connectivity index (χ2n) is 3.00. The summed E-state index contributed by atoms with van der Waals surface area (Å²) in [5.74, 6) is 0.598.